The Morgan fingerprint density at radius 1 is 1.33 bits per heavy atom. The van der Waals surface area contributed by atoms with Gasteiger partial charge in [-0.15, -0.1) is 0 Å². The predicted molar refractivity (Wildman–Crippen MR) is 82.0 cm³/mol. The average molecular weight is 357 g/mol. The number of hydrogen-bond donors (Lipinski definition) is 0. The van der Waals surface area contributed by atoms with Crippen LogP contribution in [0.25, 0.3) is 0 Å². The third-order valence-electron chi connectivity index (χ3n) is 4.20. The maximum Gasteiger partial charge on any atom is 0.225 e. The minimum absolute atomic E-state index is 0.222. The van der Waals surface area contributed by atoms with Crippen LogP contribution in [0.2, 0.25) is 0 Å². The van der Waals surface area contributed by atoms with Gasteiger partial charge in [0.2, 0.25) is 5.91 Å². The van der Waals surface area contributed by atoms with Gasteiger partial charge in [-0.3, -0.25) is 14.4 Å². The van der Waals surface area contributed by atoms with Gasteiger partial charge in [-0.25, -0.2) is 0 Å². The quantitative estimate of drug-likeness (QED) is 0.811. The smallest absolute Gasteiger partial charge is 0.225 e. The van der Waals surface area contributed by atoms with Crippen molar-refractivity contribution in [1.29, 1.82) is 0 Å². The largest absolute Gasteiger partial charge is 0.379 e. The molecule has 1 atom stereocenters. The number of carbonyl (C=O) groups excluding carboxylic acids is 1. The molecule has 7 heteroatoms. The molecule has 1 aromatic rings. The van der Waals surface area contributed by atoms with Gasteiger partial charge < -0.3 is 9.64 Å². The molecule has 1 unspecified atom stereocenters. The van der Waals surface area contributed by atoms with Gasteiger partial charge >= 0.3 is 0 Å². The first-order valence-corrected chi connectivity index (χ1v) is 8.29. The van der Waals surface area contributed by atoms with E-state index in [9.17, 15) is 4.79 Å². The fraction of sp³-hybridized carbons (Fsp3) is 0.714. The molecule has 21 heavy (non-hydrogen) atoms. The monoisotopic (exact) mass is 356 g/mol. The standard InChI is InChI=1S/C14H21BrN4O2/c15-12-9-16-19(10-12)13-1-3-17(11-13)4-5-18-6-8-21-7-2-14(18)20/h9-10,13H,1-8,11H2. The van der Waals surface area contributed by atoms with E-state index in [1.807, 2.05) is 22.0 Å². The Morgan fingerprint density at radius 2 is 2.24 bits per heavy atom. The van der Waals surface area contributed by atoms with E-state index < -0.39 is 0 Å². The highest BCUT2D eigenvalue weighted by molar-refractivity contribution is 9.10. The summed E-state index contributed by atoms with van der Waals surface area (Å²) in [6.45, 7) is 5.77. The molecule has 116 valence electrons. The normalized spacial score (nSPS) is 24.5. The van der Waals surface area contributed by atoms with E-state index in [2.05, 4.69) is 25.9 Å². The lowest BCUT2D eigenvalue weighted by Gasteiger charge is -2.23. The van der Waals surface area contributed by atoms with Crippen LogP contribution in [0.3, 0.4) is 0 Å². The Bertz CT molecular complexity index is 493. The summed E-state index contributed by atoms with van der Waals surface area (Å²) >= 11 is 3.44. The second-order valence-electron chi connectivity index (χ2n) is 5.62. The van der Waals surface area contributed by atoms with Gasteiger partial charge in [0.05, 0.1) is 36.3 Å². The molecule has 1 aromatic heterocycles. The molecule has 0 aliphatic carbocycles. The molecule has 1 amide bonds. The van der Waals surface area contributed by atoms with E-state index >= 15 is 0 Å². The molecule has 0 radical (unpaired) electrons. The highest BCUT2D eigenvalue weighted by Crippen LogP contribution is 2.22. The maximum absolute atomic E-state index is 11.9. The van der Waals surface area contributed by atoms with Crippen molar-refractivity contribution in [3.8, 4) is 0 Å². The van der Waals surface area contributed by atoms with Crippen LogP contribution in [-0.2, 0) is 9.53 Å². The Morgan fingerprint density at radius 3 is 3.05 bits per heavy atom. The molecule has 2 saturated heterocycles. The molecule has 3 heterocycles. The van der Waals surface area contributed by atoms with Crippen molar-refractivity contribution in [2.24, 2.45) is 0 Å². The number of amides is 1. The van der Waals surface area contributed by atoms with Gasteiger partial charge in [0.1, 0.15) is 0 Å². The van der Waals surface area contributed by atoms with Crippen molar-refractivity contribution in [1.82, 2.24) is 19.6 Å². The molecule has 2 aliphatic heterocycles. The predicted octanol–water partition coefficient (Wildman–Crippen LogP) is 1.14. The van der Waals surface area contributed by atoms with Crippen LogP contribution in [-0.4, -0.2) is 71.4 Å². The lowest BCUT2D eigenvalue weighted by atomic mass is 10.3. The molecule has 2 fully saturated rings. The zero-order chi connectivity index (χ0) is 14.7. The van der Waals surface area contributed by atoms with Crippen LogP contribution < -0.4 is 0 Å². The van der Waals surface area contributed by atoms with Gasteiger partial charge in [-0.2, -0.15) is 5.10 Å². The summed E-state index contributed by atoms with van der Waals surface area (Å²) in [6.07, 6.45) is 5.50. The van der Waals surface area contributed by atoms with E-state index in [0.29, 0.717) is 25.7 Å². The Hall–Kier alpha value is -0.920. The molecule has 0 N–H and O–H groups in total. The SMILES string of the molecule is O=C1CCOCCN1CCN1CCC(n2cc(Br)cn2)C1. The summed E-state index contributed by atoms with van der Waals surface area (Å²) in [4.78, 5) is 16.3. The number of aromatic nitrogens is 2. The topological polar surface area (TPSA) is 50.6 Å². The zero-order valence-corrected chi connectivity index (χ0v) is 13.7. The van der Waals surface area contributed by atoms with E-state index in [0.717, 1.165) is 43.6 Å². The van der Waals surface area contributed by atoms with Crippen molar-refractivity contribution < 1.29 is 9.53 Å². The molecule has 0 aromatic carbocycles. The first kappa shape index (κ1) is 15.0. The first-order chi connectivity index (χ1) is 10.2. The van der Waals surface area contributed by atoms with Crippen LogP contribution in [0, 0.1) is 0 Å². The lowest BCUT2D eigenvalue weighted by Crippen LogP contribution is -2.38. The molecular formula is C14H21BrN4O2. The van der Waals surface area contributed by atoms with Gasteiger partial charge in [0, 0.05) is 38.9 Å². The number of nitrogens with zero attached hydrogens (tertiary/aromatic N) is 4. The first-order valence-electron chi connectivity index (χ1n) is 7.50. The minimum Gasteiger partial charge on any atom is -0.379 e. The maximum atomic E-state index is 11.9. The van der Waals surface area contributed by atoms with E-state index in [1.54, 1.807) is 0 Å². The van der Waals surface area contributed by atoms with E-state index in [1.165, 1.54) is 0 Å². The van der Waals surface area contributed by atoms with Gasteiger partial charge in [0.25, 0.3) is 0 Å². The Kier molecular flexibility index (Phi) is 4.92. The highest BCUT2D eigenvalue weighted by Gasteiger charge is 2.25. The summed E-state index contributed by atoms with van der Waals surface area (Å²) in [5, 5.41) is 4.37. The second kappa shape index (κ2) is 6.89. The number of rotatable bonds is 4. The highest BCUT2D eigenvalue weighted by atomic mass is 79.9. The molecule has 6 nitrogen and oxygen atoms in total. The van der Waals surface area contributed by atoms with Crippen molar-refractivity contribution in [2.45, 2.75) is 18.9 Å². The van der Waals surface area contributed by atoms with E-state index in [-0.39, 0.29) is 5.91 Å². The minimum atomic E-state index is 0.222. The molecular weight excluding hydrogens is 336 g/mol. The van der Waals surface area contributed by atoms with Crippen molar-refractivity contribution >= 4 is 21.8 Å². The molecule has 0 saturated carbocycles. The summed E-state index contributed by atoms with van der Waals surface area (Å²) in [6, 6.07) is 0.444. The van der Waals surface area contributed by atoms with Crippen molar-refractivity contribution in [3.63, 3.8) is 0 Å². The lowest BCUT2D eigenvalue weighted by molar-refractivity contribution is -0.130. The zero-order valence-electron chi connectivity index (χ0n) is 12.1. The fourth-order valence-corrected chi connectivity index (χ4v) is 3.26. The van der Waals surface area contributed by atoms with Crippen LogP contribution in [0.15, 0.2) is 16.9 Å². The molecule has 0 bridgehead atoms. The van der Waals surface area contributed by atoms with Crippen LogP contribution >= 0.6 is 15.9 Å². The third-order valence-corrected chi connectivity index (χ3v) is 4.61. The summed E-state index contributed by atoms with van der Waals surface area (Å²) < 4.78 is 8.41. The molecule has 0 spiro atoms. The van der Waals surface area contributed by atoms with E-state index in [4.69, 9.17) is 4.74 Å². The Balaban J connectivity index is 1.47. The summed E-state index contributed by atoms with van der Waals surface area (Å²) in [7, 11) is 0. The fourth-order valence-electron chi connectivity index (χ4n) is 2.96. The second-order valence-corrected chi connectivity index (χ2v) is 6.54. The average Bonchev–Trinajstić information content (AvgIpc) is 3.05. The number of carbonyl (C=O) groups is 1. The number of likely N-dealkylation sites (tertiary alicyclic amines) is 1. The number of halogens is 1. The van der Waals surface area contributed by atoms with Crippen LogP contribution in [0.4, 0.5) is 0 Å². The van der Waals surface area contributed by atoms with Crippen molar-refractivity contribution in [2.75, 3.05) is 45.9 Å². The molecule has 2 aliphatic rings. The van der Waals surface area contributed by atoms with Gasteiger partial charge in [-0.05, 0) is 22.4 Å². The number of ether oxygens (including phenoxy) is 1. The van der Waals surface area contributed by atoms with Gasteiger partial charge in [0.15, 0.2) is 0 Å². The Labute approximate surface area is 133 Å². The molecule has 3 rings (SSSR count). The number of hydrogen-bond acceptors (Lipinski definition) is 4. The van der Waals surface area contributed by atoms with Crippen LogP contribution in [0.5, 0.6) is 0 Å². The van der Waals surface area contributed by atoms with Crippen LogP contribution in [0.1, 0.15) is 18.9 Å². The third kappa shape index (κ3) is 3.84. The summed E-state index contributed by atoms with van der Waals surface area (Å²) in [5.41, 5.74) is 0. The summed E-state index contributed by atoms with van der Waals surface area (Å²) in [5.74, 6) is 0.222. The van der Waals surface area contributed by atoms with Crippen molar-refractivity contribution in [3.05, 3.63) is 16.9 Å². The van der Waals surface area contributed by atoms with Gasteiger partial charge in [-0.1, -0.05) is 0 Å².